The number of nitrogens with one attached hydrogen (secondary N) is 2. The molecule has 4 nitrogen and oxygen atoms in total. The number of carbonyl (C=O) groups is 1. The van der Waals surface area contributed by atoms with Crippen molar-refractivity contribution in [2.24, 2.45) is 5.92 Å². The number of amides is 2. The highest BCUT2D eigenvalue weighted by Gasteiger charge is 2.22. The van der Waals surface area contributed by atoms with Gasteiger partial charge >= 0.3 is 6.03 Å². The summed E-state index contributed by atoms with van der Waals surface area (Å²) in [5, 5.41) is 6.34. The van der Waals surface area contributed by atoms with Gasteiger partial charge in [0.1, 0.15) is 0 Å². The maximum absolute atomic E-state index is 11.2. The lowest BCUT2D eigenvalue weighted by atomic mass is 10.1. The molecule has 0 aromatic rings. The Labute approximate surface area is 92.4 Å². The fourth-order valence-corrected chi connectivity index (χ4v) is 2.03. The molecule has 2 unspecified atom stereocenters. The third-order valence-corrected chi connectivity index (χ3v) is 3.08. The van der Waals surface area contributed by atoms with Crippen LogP contribution < -0.4 is 10.6 Å². The Bertz CT molecular complexity index is 206. The third-order valence-electron chi connectivity index (χ3n) is 3.08. The van der Waals surface area contributed by atoms with Crippen LogP contribution in [0.4, 0.5) is 4.79 Å². The maximum atomic E-state index is 11.2. The van der Waals surface area contributed by atoms with Crippen molar-refractivity contribution in [2.75, 3.05) is 27.2 Å². The molecule has 2 amide bonds. The van der Waals surface area contributed by atoms with Crippen LogP contribution in [0.15, 0.2) is 0 Å². The van der Waals surface area contributed by atoms with Gasteiger partial charge < -0.3 is 15.5 Å². The summed E-state index contributed by atoms with van der Waals surface area (Å²) in [6.07, 6.45) is 3.95. The minimum atomic E-state index is -0.0173. The molecular formula is C11H23N3O. The average Bonchev–Trinajstić information content (AvgIpc) is 2.58. The van der Waals surface area contributed by atoms with E-state index in [4.69, 9.17) is 0 Å². The zero-order valence-corrected chi connectivity index (χ0v) is 10.0. The van der Waals surface area contributed by atoms with Crippen molar-refractivity contribution in [3.05, 3.63) is 0 Å². The van der Waals surface area contributed by atoms with Gasteiger partial charge in [0.05, 0.1) is 0 Å². The van der Waals surface area contributed by atoms with Crippen molar-refractivity contribution < 1.29 is 4.79 Å². The Kier molecular flexibility index (Phi) is 4.88. The van der Waals surface area contributed by atoms with E-state index in [1.54, 1.807) is 19.0 Å². The van der Waals surface area contributed by atoms with E-state index in [9.17, 15) is 4.79 Å². The molecule has 1 saturated carbocycles. The van der Waals surface area contributed by atoms with Crippen LogP contribution in [0.1, 0.15) is 26.2 Å². The van der Waals surface area contributed by atoms with Gasteiger partial charge in [0.15, 0.2) is 0 Å². The third kappa shape index (κ3) is 4.08. The normalized spacial score (nSPS) is 25.3. The first-order valence-corrected chi connectivity index (χ1v) is 5.80. The molecule has 4 heteroatoms. The van der Waals surface area contributed by atoms with Crippen LogP contribution in [0.2, 0.25) is 0 Å². The van der Waals surface area contributed by atoms with Gasteiger partial charge in [-0.1, -0.05) is 13.3 Å². The van der Waals surface area contributed by atoms with Gasteiger partial charge in [-0.2, -0.15) is 0 Å². The Hall–Kier alpha value is -0.770. The maximum Gasteiger partial charge on any atom is 0.316 e. The van der Waals surface area contributed by atoms with Crippen LogP contribution in [-0.2, 0) is 0 Å². The molecule has 15 heavy (non-hydrogen) atoms. The molecule has 88 valence electrons. The van der Waals surface area contributed by atoms with Gasteiger partial charge in [0, 0.05) is 33.2 Å². The smallest absolute Gasteiger partial charge is 0.316 e. The number of urea groups is 1. The second kappa shape index (κ2) is 5.95. The van der Waals surface area contributed by atoms with Gasteiger partial charge in [0.25, 0.3) is 0 Å². The van der Waals surface area contributed by atoms with Gasteiger partial charge in [-0.3, -0.25) is 0 Å². The first kappa shape index (κ1) is 12.3. The number of hydrogen-bond donors (Lipinski definition) is 2. The molecule has 1 rings (SSSR count). The van der Waals surface area contributed by atoms with Crippen molar-refractivity contribution >= 4 is 6.03 Å². The van der Waals surface area contributed by atoms with E-state index < -0.39 is 0 Å². The predicted octanol–water partition coefficient (Wildman–Crippen LogP) is 1.04. The first-order valence-electron chi connectivity index (χ1n) is 5.80. The Morgan fingerprint density at radius 2 is 2.07 bits per heavy atom. The van der Waals surface area contributed by atoms with Crippen molar-refractivity contribution in [3.8, 4) is 0 Å². The number of hydrogen-bond acceptors (Lipinski definition) is 2. The molecule has 1 fully saturated rings. The van der Waals surface area contributed by atoms with Crippen molar-refractivity contribution in [3.63, 3.8) is 0 Å². The lowest BCUT2D eigenvalue weighted by Crippen LogP contribution is -2.41. The SMILES string of the molecule is CC1CCCC1NCCNC(=O)N(C)C. The number of nitrogens with zero attached hydrogens (tertiary/aromatic N) is 1. The fraction of sp³-hybridized carbons (Fsp3) is 0.909. The molecule has 0 bridgehead atoms. The second-order valence-corrected chi connectivity index (χ2v) is 4.60. The molecule has 0 radical (unpaired) electrons. The zero-order valence-electron chi connectivity index (χ0n) is 10.0. The summed E-state index contributed by atoms with van der Waals surface area (Å²) >= 11 is 0. The van der Waals surface area contributed by atoms with E-state index in [0.717, 1.165) is 12.5 Å². The molecule has 0 aromatic heterocycles. The van der Waals surface area contributed by atoms with Crippen molar-refractivity contribution in [1.29, 1.82) is 0 Å². The van der Waals surface area contributed by atoms with E-state index in [1.807, 2.05) is 0 Å². The van der Waals surface area contributed by atoms with Crippen LogP contribution in [0.5, 0.6) is 0 Å². The monoisotopic (exact) mass is 213 g/mol. The highest BCUT2D eigenvalue weighted by atomic mass is 16.2. The summed E-state index contributed by atoms with van der Waals surface area (Å²) in [7, 11) is 3.50. The molecule has 1 aliphatic carbocycles. The largest absolute Gasteiger partial charge is 0.337 e. The Morgan fingerprint density at radius 3 is 2.60 bits per heavy atom. The summed E-state index contributed by atoms with van der Waals surface area (Å²) in [5.41, 5.74) is 0. The molecule has 0 aromatic carbocycles. The summed E-state index contributed by atoms with van der Waals surface area (Å²) in [6.45, 7) is 3.87. The van der Waals surface area contributed by atoms with Gasteiger partial charge in [-0.15, -0.1) is 0 Å². The molecule has 0 saturated heterocycles. The quantitative estimate of drug-likeness (QED) is 0.685. The van der Waals surface area contributed by atoms with Gasteiger partial charge in [0.2, 0.25) is 0 Å². The van der Waals surface area contributed by atoms with Gasteiger partial charge in [-0.05, 0) is 18.8 Å². The molecular weight excluding hydrogens is 190 g/mol. The Balaban J connectivity index is 2.04. The standard InChI is InChI=1S/C11H23N3O/c1-9-5-4-6-10(9)12-7-8-13-11(15)14(2)3/h9-10,12H,4-8H2,1-3H3,(H,13,15). The zero-order chi connectivity index (χ0) is 11.3. The van der Waals surface area contributed by atoms with E-state index in [2.05, 4.69) is 17.6 Å². The lowest BCUT2D eigenvalue weighted by molar-refractivity contribution is 0.217. The minimum Gasteiger partial charge on any atom is -0.337 e. The topological polar surface area (TPSA) is 44.4 Å². The lowest BCUT2D eigenvalue weighted by Gasteiger charge is -2.18. The van der Waals surface area contributed by atoms with Crippen molar-refractivity contribution in [1.82, 2.24) is 15.5 Å². The van der Waals surface area contributed by atoms with E-state index in [1.165, 1.54) is 19.3 Å². The van der Waals surface area contributed by atoms with Crippen LogP contribution >= 0.6 is 0 Å². The Morgan fingerprint density at radius 1 is 1.33 bits per heavy atom. The van der Waals surface area contributed by atoms with Crippen LogP contribution in [0, 0.1) is 5.92 Å². The van der Waals surface area contributed by atoms with Crippen LogP contribution in [0.25, 0.3) is 0 Å². The van der Waals surface area contributed by atoms with Crippen molar-refractivity contribution in [2.45, 2.75) is 32.2 Å². The second-order valence-electron chi connectivity index (χ2n) is 4.60. The highest BCUT2D eigenvalue weighted by Crippen LogP contribution is 2.24. The van der Waals surface area contributed by atoms with E-state index in [0.29, 0.717) is 12.6 Å². The summed E-state index contributed by atoms with van der Waals surface area (Å²) in [5.74, 6) is 0.787. The molecule has 0 spiro atoms. The first-order chi connectivity index (χ1) is 7.11. The summed E-state index contributed by atoms with van der Waals surface area (Å²) in [6, 6.07) is 0.637. The predicted molar refractivity (Wildman–Crippen MR) is 61.9 cm³/mol. The van der Waals surface area contributed by atoms with Crippen LogP contribution in [-0.4, -0.2) is 44.2 Å². The molecule has 1 aliphatic rings. The average molecular weight is 213 g/mol. The van der Waals surface area contributed by atoms with E-state index in [-0.39, 0.29) is 6.03 Å². The van der Waals surface area contributed by atoms with Crippen LogP contribution in [0.3, 0.4) is 0 Å². The number of carbonyl (C=O) groups excluding carboxylic acids is 1. The summed E-state index contributed by atoms with van der Waals surface area (Å²) in [4.78, 5) is 12.7. The molecule has 2 atom stereocenters. The highest BCUT2D eigenvalue weighted by molar-refractivity contribution is 5.73. The molecule has 0 aliphatic heterocycles. The van der Waals surface area contributed by atoms with Gasteiger partial charge in [-0.25, -0.2) is 4.79 Å². The number of rotatable bonds is 4. The van der Waals surface area contributed by atoms with E-state index >= 15 is 0 Å². The fourth-order valence-electron chi connectivity index (χ4n) is 2.03. The molecule has 0 heterocycles. The molecule has 2 N–H and O–H groups in total. The summed E-state index contributed by atoms with van der Waals surface area (Å²) < 4.78 is 0. The minimum absolute atomic E-state index is 0.0173.